The Morgan fingerprint density at radius 3 is 2.59 bits per heavy atom. The first kappa shape index (κ1) is 19.9. The molecule has 0 aliphatic heterocycles. The lowest BCUT2D eigenvalue weighted by molar-refractivity contribution is -0.132. The molecule has 1 aromatic carbocycles. The van der Waals surface area contributed by atoms with Gasteiger partial charge in [0.25, 0.3) is 0 Å². The van der Waals surface area contributed by atoms with Crippen molar-refractivity contribution in [3.8, 4) is 0 Å². The van der Waals surface area contributed by atoms with E-state index in [9.17, 15) is 4.79 Å². The van der Waals surface area contributed by atoms with Gasteiger partial charge in [-0.2, -0.15) is 0 Å². The summed E-state index contributed by atoms with van der Waals surface area (Å²) in [7, 11) is 0. The first-order chi connectivity index (χ1) is 12.9. The van der Waals surface area contributed by atoms with Crippen molar-refractivity contribution in [2.24, 2.45) is 11.8 Å². The Kier molecular flexibility index (Phi) is 6.59. The van der Waals surface area contributed by atoms with Gasteiger partial charge in [0.15, 0.2) is 0 Å². The zero-order chi connectivity index (χ0) is 19.4. The second kappa shape index (κ2) is 8.93. The van der Waals surface area contributed by atoms with Gasteiger partial charge in [-0.25, -0.2) is 4.79 Å². The third-order valence-corrected chi connectivity index (χ3v) is 6.36. The highest BCUT2D eigenvalue weighted by molar-refractivity contribution is 6.21. The summed E-state index contributed by atoms with van der Waals surface area (Å²) in [5, 5.41) is 9.31. The van der Waals surface area contributed by atoms with E-state index in [1.54, 1.807) is 6.08 Å². The molecule has 2 aliphatic rings. The fourth-order valence-electron chi connectivity index (χ4n) is 4.49. The summed E-state index contributed by atoms with van der Waals surface area (Å²) in [6, 6.07) is 6.66. The number of aryl methyl sites for hydroxylation is 2. The van der Waals surface area contributed by atoms with Crippen LogP contribution in [-0.4, -0.2) is 16.5 Å². The van der Waals surface area contributed by atoms with Crippen LogP contribution < -0.4 is 0 Å². The molecule has 3 rings (SSSR count). The molecule has 3 heteroatoms. The Labute approximate surface area is 167 Å². The van der Waals surface area contributed by atoms with E-state index in [0.29, 0.717) is 23.8 Å². The zero-order valence-corrected chi connectivity index (χ0v) is 17.0. The maximum absolute atomic E-state index is 11.0. The van der Waals surface area contributed by atoms with Crippen molar-refractivity contribution in [2.75, 3.05) is 0 Å². The number of aliphatic carboxylic acids is 1. The van der Waals surface area contributed by atoms with E-state index >= 15 is 0 Å². The normalized spacial score (nSPS) is 25.1. The molecule has 2 nitrogen and oxygen atoms in total. The van der Waals surface area contributed by atoms with Crippen LogP contribution in [0.15, 0.2) is 47.6 Å². The molecule has 27 heavy (non-hydrogen) atoms. The topological polar surface area (TPSA) is 37.3 Å². The van der Waals surface area contributed by atoms with Crippen molar-refractivity contribution in [3.05, 3.63) is 64.3 Å². The monoisotopic (exact) mass is 384 g/mol. The van der Waals surface area contributed by atoms with E-state index in [0.717, 1.165) is 32.1 Å². The van der Waals surface area contributed by atoms with Crippen LogP contribution in [0.25, 0.3) is 6.08 Å². The fraction of sp³-hybridized carbons (Fsp3) is 0.458. The molecule has 0 heterocycles. The Morgan fingerprint density at radius 1 is 1.19 bits per heavy atom. The number of carboxylic acid groups (broad SMARTS) is 1. The summed E-state index contributed by atoms with van der Waals surface area (Å²) in [4.78, 5) is 11.0. The standard InChI is InChI=1S/C24H29ClO2/c1-16-12-17(2)14-19(13-16)7-8-20-10-11-23(25)22(20)5-3-4-18-6-9-21(15-18)24(26)27/h6-9,12-14,20,22-23H,3-5,10-11,15H2,1-2H3,(H,26,27)/b8-7+/t20-,22+,23?/m0/s1. The van der Waals surface area contributed by atoms with Gasteiger partial charge in [-0.15, -0.1) is 11.6 Å². The Hall–Kier alpha value is -1.80. The molecular weight excluding hydrogens is 356 g/mol. The van der Waals surface area contributed by atoms with Gasteiger partial charge in [-0.05, 0) is 63.4 Å². The van der Waals surface area contributed by atoms with Crippen LogP contribution in [0.4, 0.5) is 0 Å². The summed E-state index contributed by atoms with van der Waals surface area (Å²) < 4.78 is 0. The lowest BCUT2D eigenvalue weighted by atomic mass is 9.89. The summed E-state index contributed by atoms with van der Waals surface area (Å²) in [6.45, 7) is 4.28. The van der Waals surface area contributed by atoms with Gasteiger partial charge in [0.2, 0.25) is 0 Å². The number of benzene rings is 1. The second-order valence-electron chi connectivity index (χ2n) is 8.09. The van der Waals surface area contributed by atoms with Crippen LogP contribution in [0.2, 0.25) is 0 Å². The second-order valence-corrected chi connectivity index (χ2v) is 8.65. The smallest absolute Gasteiger partial charge is 0.331 e. The van der Waals surface area contributed by atoms with Crippen LogP contribution in [-0.2, 0) is 4.79 Å². The maximum Gasteiger partial charge on any atom is 0.331 e. The van der Waals surface area contributed by atoms with Crippen LogP contribution in [0.1, 0.15) is 55.2 Å². The molecule has 1 saturated carbocycles. The van der Waals surface area contributed by atoms with E-state index in [-0.39, 0.29) is 5.38 Å². The number of halogens is 1. The summed E-state index contributed by atoms with van der Waals surface area (Å²) in [5.74, 6) is 0.260. The first-order valence-electron chi connectivity index (χ1n) is 9.95. The van der Waals surface area contributed by atoms with Crippen molar-refractivity contribution in [3.63, 3.8) is 0 Å². The first-order valence-corrected chi connectivity index (χ1v) is 10.4. The minimum absolute atomic E-state index is 0.254. The van der Waals surface area contributed by atoms with Crippen molar-refractivity contribution in [2.45, 2.75) is 57.7 Å². The number of carboxylic acids is 1. The highest BCUT2D eigenvalue weighted by Crippen LogP contribution is 2.40. The molecule has 144 valence electrons. The molecule has 0 saturated heterocycles. The Morgan fingerprint density at radius 2 is 1.93 bits per heavy atom. The number of hydrogen-bond donors (Lipinski definition) is 1. The lowest BCUT2D eigenvalue weighted by Gasteiger charge is -2.19. The largest absolute Gasteiger partial charge is 0.478 e. The molecule has 0 aromatic heterocycles. The van der Waals surface area contributed by atoms with Crippen LogP contribution in [0.5, 0.6) is 0 Å². The molecule has 1 N–H and O–H groups in total. The predicted octanol–water partition coefficient (Wildman–Crippen LogP) is 6.46. The van der Waals surface area contributed by atoms with E-state index in [1.807, 2.05) is 6.08 Å². The molecule has 1 aromatic rings. The van der Waals surface area contributed by atoms with E-state index in [1.165, 1.54) is 22.3 Å². The van der Waals surface area contributed by atoms with Crippen molar-refractivity contribution in [1.82, 2.24) is 0 Å². The molecule has 2 aliphatic carbocycles. The molecule has 0 bridgehead atoms. The Bertz CT molecular complexity index is 767. The number of carbonyl (C=O) groups is 1. The average molecular weight is 385 g/mol. The number of rotatable bonds is 7. The predicted molar refractivity (Wildman–Crippen MR) is 113 cm³/mol. The van der Waals surface area contributed by atoms with Gasteiger partial charge >= 0.3 is 5.97 Å². The summed E-state index contributed by atoms with van der Waals surface area (Å²) in [6.07, 6.45) is 14.3. The quantitative estimate of drug-likeness (QED) is 0.547. The van der Waals surface area contributed by atoms with Gasteiger partial charge in [0, 0.05) is 17.4 Å². The zero-order valence-electron chi connectivity index (χ0n) is 16.2. The number of hydrogen-bond acceptors (Lipinski definition) is 1. The van der Waals surface area contributed by atoms with Gasteiger partial charge in [0.05, 0.1) is 0 Å². The molecular formula is C24H29ClO2. The third-order valence-electron chi connectivity index (χ3n) is 5.82. The van der Waals surface area contributed by atoms with Gasteiger partial charge < -0.3 is 5.11 Å². The van der Waals surface area contributed by atoms with Crippen LogP contribution >= 0.6 is 11.6 Å². The summed E-state index contributed by atoms with van der Waals surface area (Å²) in [5.41, 5.74) is 5.61. The minimum Gasteiger partial charge on any atom is -0.478 e. The summed E-state index contributed by atoms with van der Waals surface area (Å²) >= 11 is 6.63. The molecule has 0 spiro atoms. The van der Waals surface area contributed by atoms with Gasteiger partial charge in [-0.3, -0.25) is 0 Å². The van der Waals surface area contributed by atoms with Crippen molar-refractivity contribution in [1.29, 1.82) is 0 Å². The highest BCUT2D eigenvalue weighted by Gasteiger charge is 2.32. The van der Waals surface area contributed by atoms with Crippen LogP contribution in [0.3, 0.4) is 0 Å². The third kappa shape index (κ3) is 5.35. The highest BCUT2D eigenvalue weighted by atomic mass is 35.5. The molecule has 1 unspecified atom stereocenters. The van der Waals surface area contributed by atoms with E-state index in [2.05, 4.69) is 44.2 Å². The average Bonchev–Trinajstić information content (AvgIpc) is 3.20. The van der Waals surface area contributed by atoms with E-state index < -0.39 is 5.97 Å². The Balaban J connectivity index is 1.53. The number of alkyl halides is 1. The maximum atomic E-state index is 11.0. The van der Waals surface area contributed by atoms with Gasteiger partial charge in [0.1, 0.15) is 0 Å². The molecule has 3 atom stereocenters. The molecule has 0 radical (unpaired) electrons. The fourth-order valence-corrected chi connectivity index (χ4v) is 4.93. The van der Waals surface area contributed by atoms with E-state index in [4.69, 9.17) is 16.7 Å². The SMILES string of the molecule is Cc1cc(C)cc(/C=C/[C@H]2CCC(Cl)[C@@H]2CCCC2=CC=C(C(=O)O)C2)c1. The van der Waals surface area contributed by atoms with Gasteiger partial charge in [-0.1, -0.05) is 59.2 Å². The lowest BCUT2D eigenvalue weighted by Crippen LogP contribution is -2.13. The van der Waals surface area contributed by atoms with Crippen LogP contribution in [0, 0.1) is 25.7 Å². The molecule has 1 fully saturated rings. The number of allylic oxidation sites excluding steroid dienone is 4. The van der Waals surface area contributed by atoms with Crippen molar-refractivity contribution < 1.29 is 9.90 Å². The van der Waals surface area contributed by atoms with Crippen molar-refractivity contribution >= 4 is 23.6 Å². The molecule has 0 amide bonds. The minimum atomic E-state index is -0.797.